The molecular formula is C19H20N2O3. The van der Waals surface area contributed by atoms with Crippen molar-refractivity contribution in [2.75, 3.05) is 5.32 Å². The van der Waals surface area contributed by atoms with Gasteiger partial charge in [-0.1, -0.05) is 49.2 Å². The van der Waals surface area contributed by atoms with Crippen LogP contribution in [0.15, 0.2) is 48.5 Å². The smallest absolute Gasteiger partial charge is 0.293 e. The molecule has 1 amide bonds. The van der Waals surface area contributed by atoms with Crippen molar-refractivity contribution in [1.82, 2.24) is 0 Å². The van der Waals surface area contributed by atoms with Crippen molar-refractivity contribution in [3.8, 4) is 0 Å². The van der Waals surface area contributed by atoms with Crippen LogP contribution < -0.4 is 5.32 Å². The summed E-state index contributed by atoms with van der Waals surface area (Å²) in [6, 6.07) is 14.6. The van der Waals surface area contributed by atoms with Gasteiger partial charge in [0.25, 0.3) is 5.69 Å². The molecule has 2 aromatic carbocycles. The van der Waals surface area contributed by atoms with Gasteiger partial charge in [-0.2, -0.15) is 0 Å². The molecule has 0 heterocycles. The molecule has 3 rings (SSSR count). The van der Waals surface area contributed by atoms with Gasteiger partial charge in [0.05, 0.1) is 10.3 Å². The minimum atomic E-state index is -0.597. The van der Waals surface area contributed by atoms with E-state index >= 15 is 0 Å². The zero-order chi connectivity index (χ0) is 17.2. The number of nitrogens with zero attached hydrogens (tertiary/aromatic N) is 1. The predicted octanol–water partition coefficient (Wildman–Crippen LogP) is 4.35. The molecule has 1 N–H and O–H groups in total. The van der Waals surface area contributed by atoms with Crippen molar-refractivity contribution in [1.29, 1.82) is 0 Å². The largest absolute Gasteiger partial charge is 0.320 e. The van der Waals surface area contributed by atoms with E-state index < -0.39 is 10.3 Å². The molecule has 0 saturated heterocycles. The second-order valence-corrected chi connectivity index (χ2v) is 6.39. The average molecular weight is 324 g/mol. The fourth-order valence-corrected chi connectivity index (χ4v) is 3.52. The number of nitro groups is 1. The minimum Gasteiger partial charge on any atom is -0.320 e. The number of aryl methyl sites for hydroxylation is 1. The van der Waals surface area contributed by atoms with E-state index in [4.69, 9.17) is 0 Å². The highest BCUT2D eigenvalue weighted by atomic mass is 16.6. The highest BCUT2D eigenvalue weighted by Gasteiger charge is 2.43. The topological polar surface area (TPSA) is 72.2 Å². The van der Waals surface area contributed by atoms with Crippen LogP contribution in [0.5, 0.6) is 0 Å². The highest BCUT2D eigenvalue weighted by molar-refractivity contribution is 6.01. The van der Waals surface area contributed by atoms with Gasteiger partial charge in [-0.15, -0.1) is 0 Å². The third-order valence-electron chi connectivity index (χ3n) is 4.82. The number of nitrogens with one attached hydrogen (secondary N) is 1. The number of hydrogen-bond donors (Lipinski definition) is 1. The van der Waals surface area contributed by atoms with E-state index in [9.17, 15) is 14.9 Å². The van der Waals surface area contributed by atoms with Crippen molar-refractivity contribution in [2.24, 2.45) is 0 Å². The Bertz CT molecular complexity index is 765. The van der Waals surface area contributed by atoms with E-state index in [1.807, 2.05) is 30.3 Å². The quantitative estimate of drug-likeness (QED) is 0.671. The lowest BCUT2D eigenvalue weighted by Crippen LogP contribution is -2.38. The number of nitro benzene ring substituents is 1. The number of carbonyl (C=O) groups excluding carboxylic acids is 1. The lowest BCUT2D eigenvalue weighted by molar-refractivity contribution is -0.384. The van der Waals surface area contributed by atoms with Crippen LogP contribution in [-0.2, 0) is 10.2 Å². The van der Waals surface area contributed by atoms with Crippen LogP contribution in [0.3, 0.4) is 0 Å². The zero-order valence-corrected chi connectivity index (χ0v) is 13.6. The van der Waals surface area contributed by atoms with Gasteiger partial charge >= 0.3 is 0 Å². The van der Waals surface area contributed by atoms with Gasteiger partial charge in [0.15, 0.2) is 0 Å². The fraction of sp³-hybridized carbons (Fsp3) is 0.316. The summed E-state index contributed by atoms with van der Waals surface area (Å²) in [6.07, 6.45) is 3.50. The van der Waals surface area contributed by atoms with Crippen LogP contribution in [0.25, 0.3) is 0 Å². The van der Waals surface area contributed by atoms with E-state index in [2.05, 4.69) is 5.32 Å². The third-order valence-corrected chi connectivity index (χ3v) is 4.82. The first-order chi connectivity index (χ1) is 11.5. The fourth-order valence-electron chi connectivity index (χ4n) is 3.52. The highest BCUT2D eigenvalue weighted by Crippen LogP contribution is 2.42. The molecule has 1 aliphatic rings. The Morgan fingerprint density at radius 1 is 1.12 bits per heavy atom. The molecule has 124 valence electrons. The summed E-state index contributed by atoms with van der Waals surface area (Å²) in [5.74, 6) is -0.154. The number of amides is 1. The lowest BCUT2D eigenvalue weighted by Gasteiger charge is -2.28. The number of rotatable bonds is 4. The van der Waals surface area contributed by atoms with Gasteiger partial charge in [-0.05, 0) is 37.0 Å². The molecule has 0 aliphatic heterocycles. The van der Waals surface area contributed by atoms with E-state index in [-0.39, 0.29) is 17.3 Å². The van der Waals surface area contributed by atoms with Crippen LogP contribution in [0.4, 0.5) is 11.4 Å². The first-order valence-corrected chi connectivity index (χ1v) is 8.15. The summed E-state index contributed by atoms with van der Waals surface area (Å²) in [6.45, 7) is 1.79. The van der Waals surface area contributed by atoms with Crippen LogP contribution in [0, 0.1) is 17.0 Å². The number of hydrogen-bond acceptors (Lipinski definition) is 3. The van der Waals surface area contributed by atoms with Gasteiger partial charge in [-0.25, -0.2) is 0 Å². The summed E-state index contributed by atoms with van der Waals surface area (Å²) in [4.78, 5) is 23.9. The molecule has 0 radical (unpaired) electrons. The Morgan fingerprint density at radius 3 is 2.42 bits per heavy atom. The molecule has 5 nitrogen and oxygen atoms in total. The summed E-state index contributed by atoms with van der Waals surface area (Å²) < 4.78 is 0. The molecule has 1 aliphatic carbocycles. The molecule has 0 spiro atoms. The van der Waals surface area contributed by atoms with Gasteiger partial charge in [-0.3, -0.25) is 14.9 Å². The SMILES string of the molecule is Cc1ccc(NC(=O)C2(c3ccccc3)CCCC2)c([N+](=O)[O-])c1. The Labute approximate surface area is 140 Å². The van der Waals surface area contributed by atoms with Crippen molar-refractivity contribution in [3.63, 3.8) is 0 Å². The lowest BCUT2D eigenvalue weighted by atomic mass is 9.78. The molecule has 1 saturated carbocycles. The molecule has 24 heavy (non-hydrogen) atoms. The molecule has 5 heteroatoms. The number of anilines is 1. The molecule has 0 bridgehead atoms. The van der Waals surface area contributed by atoms with Gasteiger partial charge < -0.3 is 5.32 Å². The van der Waals surface area contributed by atoms with Crippen molar-refractivity contribution >= 4 is 17.3 Å². The Kier molecular flexibility index (Phi) is 4.34. The third kappa shape index (κ3) is 2.89. The van der Waals surface area contributed by atoms with Crippen LogP contribution in [0.2, 0.25) is 0 Å². The number of benzene rings is 2. The molecule has 0 unspecified atom stereocenters. The standard InChI is InChI=1S/C19H20N2O3/c1-14-9-10-16(17(13-14)21(23)24)20-18(22)19(11-5-6-12-19)15-7-3-2-4-8-15/h2-4,7-10,13H,5-6,11-12H2,1H3,(H,20,22). The van der Waals surface area contributed by atoms with E-state index in [1.165, 1.54) is 6.07 Å². The van der Waals surface area contributed by atoms with Crippen molar-refractivity contribution in [2.45, 2.75) is 38.0 Å². The maximum Gasteiger partial charge on any atom is 0.293 e. The maximum absolute atomic E-state index is 13.1. The van der Waals surface area contributed by atoms with E-state index in [0.29, 0.717) is 0 Å². The first kappa shape index (κ1) is 16.2. The average Bonchev–Trinajstić information content (AvgIpc) is 3.08. The Hall–Kier alpha value is -2.69. The summed E-state index contributed by atoms with van der Waals surface area (Å²) in [7, 11) is 0. The Balaban J connectivity index is 1.95. The van der Waals surface area contributed by atoms with Gasteiger partial charge in [0.2, 0.25) is 5.91 Å². The first-order valence-electron chi connectivity index (χ1n) is 8.15. The zero-order valence-electron chi connectivity index (χ0n) is 13.6. The Morgan fingerprint density at radius 2 is 1.79 bits per heavy atom. The van der Waals surface area contributed by atoms with Crippen LogP contribution in [-0.4, -0.2) is 10.8 Å². The van der Waals surface area contributed by atoms with Crippen molar-refractivity contribution in [3.05, 3.63) is 69.8 Å². The number of carbonyl (C=O) groups is 1. The van der Waals surface area contributed by atoms with Crippen LogP contribution in [0.1, 0.15) is 36.8 Å². The van der Waals surface area contributed by atoms with Gasteiger partial charge in [0, 0.05) is 6.07 Å². The van der Waals surface area contributed by atoms with E-state index in [0.717, 1.165) is 36.8 Å². The second-order valence-electron chi connectivity index (χ2n) is 6.39. The summed E-state index contributed by atoms with van der Waals surface area (Å²) in [5.41, 5.74) is 1.37. The maximum atomic E-state index is 13.1. The molecule has 0 aromatic heterocycles. The normalized spacial score (nSPS) is 15.9. The van der Waals surface area contributed by atoms with Crippen molar-refractivity contribution < 1.29 is 9.72 Å². The molecule has 1 fully saturated rings. The molecular weight excluding hydrogens is 304 g/mol. The van der Waals surface area contributed by atoms with Gasteiger partial charge in [0.1, 0.15) is 5.69 Å². The van der Waals surface area contributed by atoms with E-state index in [1.54, 1.807) is 19.1 Å². The summed E-state index contributed by atoms with van der Waals surface area (Å²) in [5, 5.41) is 14.1. The minimum absolute atomic E-state index is 0.0652. The second kappa shape index (κ2) is 6.43. The monoisotopic (exact) mass is 324 g/mol. The predicted molar refractivity (Wildman–Crippen MR) is 93.1 cm³/mol. The molecule has 2 aromatic rings. The summed E-state index contributed by atoms with van der Waals surface area (Å²) >= 11 is 0. The molecule has 0 atom stereocenters. The van der Waals surface area contributed by atoms with Crippen LogP contribution >= 0.6 is 0 Å².